The zero-order valence-electron chi connectivity index (χ0n) is 12.5. The monoisotopic (exact) mass is 353 g/mol. The molecule has 4 nitrogen and oxygen atoms in total. The second kappa shape index (κ2) is 12.1. The zero-order chi connectivity index (χ0) is 14.1. The normalized spacial score (nSPS) is 10.2. The standard InChI is InChI=1S/C14H23N3OS.2ClH/c1-3-14(15,4-2)11-17-13(18)10-19-9-12-7-5-6-8-16-12;;/h5-8H,3-4,9-11,15H2,1-2H3,(H,17,18);2*1H. The molecule has 0 saturated carbocycles. The van der Waals surface area contributed by atoms with Crippen molar-refractivity contribution in [2.75, 3.05) is 12.3 Å². The van der Waals surface area contributed by atoms with Gasteiger partial charge in [0.05, 0.1) is 11.4 Å². The van der Waals surface area contributed by atoms with Crippen molar-refractivity contribution in [2.45, 2.75) is 38.0 Å². The number of rotatable bonds is 8. The first-order chi connectivity index (χ1) is 9.09. The highest BCUT2D eigenvalue weighted by molar-refractivity contribution is 7.99. The van der Waals surface area contributed by atoms with Crippen LogP contribution in [0.5, 0.6) is 0 Å². The predicted octanol–water partition coefficient (Wildman–Crippen LogP) is 2.79. The van der Waals surface area contributed by atoms with Crippen molar-refractivity contribution in [1.29, 1.82) is 0 Å². The summed E-state index contributed by atoms with van der Waals surface area (Å²) in [6.07, 6.45) is 3.50. The van der Waals surface area contributed by atoms with Crippen molar-refractivity contribution in [2.24, 2.45) is 5.73 Å². The molecule has 0 radical (unpaired) electrons. The maximum Gasteiger partial charge on any atom is 0.230 e. The summed E-state index contributed by atoms with van der Waals surface area (Å²) in [4.78, 5) is 15.9. The third-order valence-electron chi connectivity index (χ3n) is 3.26. The number of nitrogens with two attached hydrogens (primary N) is 1. The molecule has 1 aromatic heterocycles. The van der Waals surface area contributed by atoms with Crippen LogP contribution in [-0.2, 0) is 10.5 Å². The Kier molecular flexibility index (Phi) is 13.1. The lowest BCUT2D eigenvalue weighted by molar-refractivity contribution is -0.118. The first kappa shape index (κ1) is 22.8. The van der Waals surface area contributed by atoms with Gasteiger partial charge in [-0.1, -0.05) is 19.9 Å². The molecular weight excluding hydrogens is 329 g/mol. The minimum absolute atomic E-state index is 0. The van der Waals surface area contributed by atoms with E-state index in [0.29, 0.717) is 12.3 Å². The SMILES string of the molecule is CCC(N)(CC)CNC(=O)CSCc1ccccn1.Cl.Cl. The van der Waals surface area contributed by atoms with Crippen LogP contribution in [-0.4, -0.2) is 28.7 Å². The molecule has 3 N–H and O–H groups in total. The van der Waals surface area contributed by atoms with E-state index in [2.05, 4.69) is 10.3 Å². The Bertz CT molecular complexity index is 389. The van der Waals surface area contributed by atoms with Crippen molar-refractivity contribution in [3.8, 4) is 0 Å². The van der Waals surface area contributed by atoms with E-state index in [1.54, 1.807) is 18.0 Å². The molecule has 0 fully saturated rings. The van der Waals surface area contributed by atoms with Gasteiger partial charge in [-0.3, -0.25) is 9.78 Å². The van der Waals surface area contributed by atoms with Crippen molar-refractivity contribution in [3.63, 3.8) is 0 Å². The smallest absolute Gasteiger partial charge is 0.230 e. The molecule has 122 valence electrons. The van der Waals surface area contributed by atoms with E-state index >= 15 is 0 Å². The highest BCUT2D eigenvalue weighted by Gasteiger charge is 2.20. The van der Waals surface area contributed by atoms with E-state index in [1.165, 1.54) is 0 Å². The van der Waals surface area contributed by atoms with Crippen LogP contribution in [0.25, 0.3) is 0 Å². The van der Waals surface area contributed by atoms with Crippen LogP contribution in [0, 0.1) is 0 Å². The summed E-state index contributed by atoms with van der Waals surface area (Å²) < 4.78 is 0. The van der Waals surface area contributed by atoms with Gasteiger partial charge in [0, 0.05) is 24.0 Å². The summed E-state index contributed by atoms with van der Waals surface area (Å²) in [5, 5.41) is 2.91. The third-order valence-corrected chi connectivity index (χ3v) is 4.22. The Balaban J connectivity index is 0. The third kappa shape index (κ3) is 9.19. The maximum atomic E-state index is 11.7. The molecule has 1 heterocycles. The molecule has 0 unspecified atom stereocenters. The van der Waals surface area contributed by atoms with Gasteiger partial charge >= 0.3 is 0 Å². The average molecular weight is 354 g/mol. The maximum absolute atomic E-state index is 11.7. The number of nitrogens with zero attached hydrogens (tertiary/aromatic N) is 1. The van der Waals surface area contributed by atoms with E-state index in [4.69, 9.17) is 5.73 Å². The van der Waals surface area contributed by atoms with Gasteiger partial charge in [-0.2, -0.15) is 0 Å². The topological polar surface area (TPSA) is 68.0 Å². The van der Waals surface area contributed by atoms with Crippen LogP contribution in [0.1, 0.15) is 32.4 Å². The fourth-order valence-electron chi connectivity index (χ4n) is 1.56. The molecule has 0 saturated heterocycles. The Morgan fingerprint density at radius 1 is 1.33 bits per heavy atom. The Hall–Kier alpha value is -0.490. The van der Waals surface area contributed by atoms with Crippen molar-refractivity contribution >= 4 is 42.5 Å². The molecule has 0 aliphatic heterocycles. The molecular formula is C14H25Cl2N3OS. The van der Waals surface area contributed by atoms with Crippen LogP contribution < -0.4 is 11.1 Å². The van der Waals surface area contributed by atoms with Gasteiger partial charge in [0.2, 0.25) is 5.91 Å². The van der Waals surface area contributed by atoms with E-state index < -0.39 is 0 Å². The highest BCUT2D eigenvalue weighted by atomic mass is 35.5. The van der Waals surface area contributed by atoms with Crippen LogP contribution in [0.4, 0.5) is 0 Å². The minimum atomic E-state index is -0.276. The number of amides is 1. The zero-order valence-corrected chi connectivity index (χ0v) is 15.0. The number of thioether (sulfide) groups is 1. The molecule has 0 atom stereocenters. The fourth-order valence-corrected chi connectivity index (χ4v) is 2.33. The van der Waals surface area contributed by atoms with Crippen LogP contribution in [0.3, 0.4) is 0 Å². The summed E-state index contributed by atoms with van der Waals surface area (Å²) in [5.41, 5.74) is 6.85. The van der Waals surface area contributed by atoms with Gasteiger partial charge in [0.1, 0.15) is 0 Å². The molecule has 0 spiro atoms. The van der Waals surface area contributed by atoms with E-state index in [9.17, 15) is 4.79 Å². The average Bonchev–Trinajstić information content (AvgIpc) is 2.46. The number of aromatic nitrogens is 1. The first-order valence-electron chi connectivity index (χ1n) is 6.63. The van der Waals surface area contributed by atoms with Crippen molar-refractivity contribution in [1.82, 2.24) is 10.3 Å². The van der Waals surface area contributed by atoms with Gasteiger partial charge in [0.15, 0.2) is 0 Å². The van der Waals surface area contributed by atoms with Gasteiger partial charge in [0.25, 0.3) is 0 Å². The second-order valence-electron chi connectivity index (χ2n) is 4.66. The summed E-state index contributed by atoms with van der Waals surface area (Å²) in [6.45, 7) is 4.64. The Morgan fingerprint density at radius 3 is 2.52 bits per heavy atom. The Morgan fingerprint density at radius 2 is 2.00 bits per heavy atom. The minimum Gasteiger partial charge on any atom is -0.354 e. The second-order valence-corrected chi connectivity index (χ2v) is 5.65. The number of nitrogens with one attached hydrogen (secondary N) is 1. The van der Waals surface area contributed by atoms with Crippen molar-refractivity contribution in [3.05, 3.63) is 30.1 Å². The summed E-state index contributed by atoms with van der Waals surface area (Å²) in [5.74, 6) is 1.24. The summed E-state index contributed by atoms with van der Waals surface area (Å²) >= 11 is 1.56. The summed E-state index contributed by atoms with van der Waals surface area (Å²) in [7, 11) is 0. The molecule has 1 aromatic rings. The molecule has 21 heavy (non-hydrogen) atoms. The molecule has 0 aromatic carbocycles. The van der Waals surface area contributed by atoms with Gasteiger partial charge in [-0.05, 0) is 25.0 Å². The highest BCUT2D eigenvalue weighted by Crippen LogP contribution is 2.11. The van der Waals surface area contributed by atoms with Crippen molar-refractivity contribution < 1.29 is 4.79 Å². The molecule has 1 amide bonds. The van der Waals surface area contributed by atoms with Crippen LogP contribution in [0.2, 0.25) is 0 Å². The quantitative estimate of drug-likeness (QED) is 0.753. The van der Waals surface area contributed by atoms with Crippen LogP contribution in [0.15, 0.2) is 24.4 Å². The van der Waals surface area contributed by atoms with Crippen LogP contribution >= 0.6 is 36.6 Å². The number of carbonyl (C=O) groups is 1. The predicted molar refractivity (Wildman–Crippen MR) is 95.4 cm³/mol. The fraction of sp³-hybridized carbons (Fsp3) is 0.571. The molecule has 7 heteroatoms. The van der Waals surface area contributed by atoms with E-state index in [-0.39, 0.29) is 36.3 Å². The first-order valence-corrected chi connectivity index (χ1v) is 7.78. The molecule has 1 rings (SSSR count). The van der Waals surface area contributed by atoms with E-state index in [1.807, 2.05) is 32.0 Å². The summed E-state index contributed by atoms with van der Waals surface area (Å²) in [6, 6.07) is 5.80. The molecule has 0 bridgehead atoms. The number of carbonyl (C=O) groups excluding carboxylic acids is 1. The lowest BCUT2D eigenvalue weighted by Gasteiger charge is -2.26. The number of hydrogen-bond donors (Lipinski definition) is 2. The number of halogens is 2. The lowest BCUT2D eigenvalue weighted by Crippen LogP contribution is -2.49. The number of hydrogen-bond acceptors (Lipinski definition) is 4. The molecule has 0 aliphatic rings. The van der Waals surface area contributed by atoms with Gasteiger partial charge < -0.3 is 11.1 Å². The van der Waals surface area contributed by atoms with Gasteiger partial charge in [-0.25, -0.2) is 0 Å². The van der Waals surface area contributed by atoms with E-state index in [0.717, 1.165) is 24.3 Å². The Labute approximate surface area is 143 Å². The molecule has 0 aliphatic carbocycles. The number of pyridine rings is 1. The van der Waals surface area contributed by atoms with Gasteiger partial charge in [-0.15, -0.1) is 36.6 Å². The lowest BCUT2D eigenvalue weighted by atomic mass is 9.94. The largest absolute Gasteiger partial charge is 0.354 e.